The highest BCUT2D eigenvalue weighted by molar-refractivity contribution is 5.77. The van der Waals surface area contributed by atoms with E-state index in [-0.39, 0.29) is 5.97 Å². The predicted octanol–water partition coefficient (Wildman–Crippen LogP) is 3.20. The van der Waals surface area contributed by atoms with Gasteiger partial charge < -0.3 is 4.84 Å². The molecule has 0 saturated heterocycles. The van der Waals surface area contributed by atoms with Gasteiger partial charge in [-0.2, -0.15) is 0 Å². The van der Waals surface area contributed by atoms with Crippen molar-refractivity contribution in [2.75, 3.05) is 11.6 Å². The lowest BCUT2D eigenvalue weighted by Gasteiger charge is -2.23. The lowest BCUT2D eigenvalue weighted by Crippen LogP contribution is -2.32. The molecule has 0 amide bonds. The van der Waals surface area contributed by atoms with E-state index in [4.69, 9.17) is 4.84 Å². The van der Waals surface area contributed by atoms with Crippen molar-refractivity contribution in [3.8, 4) is 0 Å². The van der Waals surface area contributed by atoms with Crippen molar-refractivity contribution >= 4 is 17.7 Å². The van der Waals surface area contributed by atoms with Crippen LogP contribution in [0.1, 0.15) is 31.9 Å². The summed E-state index contributed by atoms with van der Waals surface area (Å²) in [6, 6.07) is 6.05. The minimum Gasteiger partial charge on any atom is -0.340 e. The molecule has 1 aliphatic rings. The van der Waals surface area contributed by atoms with E-state index in [0.717, 1.165) is 24.2 Å². The fraction of sp³-hybridized carbons (Fsp3) is 0.400. The predicted molar refractivity (Wildman–Crippen MR) is 73.1 cm³/mol. The van der Waals surface area contributed by atoms with Gasteiger partial charge in [0.05, 0.1) is 17.6 Å². The molecule has 0 atom stereocenters. The Morgan fingerprint density at radius 1 is 1.44 bits per heavy atom. The van der Waals surface area contributed by atoms with Crippen molar-refractivity contribution < 1.29 is 9.63 Å². The van der Waals surface area contributed by atoms with E-state index in [0.29, 0.717) is 0 Å². The zero-order valence-corrected chi connectivity index (χ0v) is 11.2. The van der Waals surface area contributed by atoms with E-state index in [9.17, 15) is 4.79 Å². The minimum atomic E-state index is -0.482. The van der Waals surface area contributed by atoms with Crippen LogP contribution >= 0.6 is 0 Å². The van der Waals surface area contributed by atoms with Crippen molar-refractivity contribution in [1.82, 2.24) is 0 Å². The van der Waals surface area contributed by atoms with Crippen molar-refractivity contribution in [3.63, 3.8) is 0 Å². The zero-order valence-electron chi connectivity index (χ0n) is 11.2. The van der Waals surface area contributed by atoms with Crippen LogP contribution in [0.5, 0.6) is 0 Å². The molecule has 1 heterocycles. The quantitative estimate of drug-likeness (QED) is 0.801. The Morgan fingerprint density at radius 2 is 2.17 bits per heavy atom. The van der Waals surface area contributed by atoms with Crippen LogP contribution in [0.3, 0.4) is 0 Å². The normalized spacial score (nSPS) is 14.3. The number of hydroxylamine groups is 1. The second-order valence-corrected chi connectivity index (χ2v) is 5.57. The number of hydrogen-bond acceptors (Lipinski definition) is 3. The molecule has 3 heteroatoms. The summed E-state index contributed by atoms with van der Waals surface area (Å²) < 4.78 is 0. The summed E-state index contributed by atoms with van der Waals surface area (Å²) in [6.45, 7) is 10.0. The monoisotopic (exact) mass is 245 g/mol. The van der Waals surface area contributed by atoms with Crippen LogP contribution in [0.25, 0.3) is 6.08 Å². The number of rotatable bonds is 2. The van der Waals surface area contributed by atoms with E-state index in [2.05, 4.69) is 12.6 Å². The van der Waals surface area contributed by atoms with E-state index >= 15 is 0 Å². The second kappa shape index (κ2) is 4.48. The van der Waals surface area contributed by atoms with Crippen LogP contribution in [0.4, 0.5) is 5.69 Å². The summed E-state index contributed by atoms with van der Waals surface area (Å²) in [5.74, 6) is -0.205. The number of fused-ring (bicyclic) bond motifs is 1. The lowest BCUT2D eigenvalue weighted by molar-refractivity contribution is -0.154. The molecule has 0 bridgehead atoms. The number of anilines is 1. The first kappa shape index (κ1) is 12.7. The lowest BCUT2D eigenvalue weighted by atomic mass is 9.98. The minimum absolute atomic E-state index is 0.205. The van der Waals surface area contributed by atoms with Gasteiger partial charge in [-0.3, -0.25) is 0 Å². The van der Waals surface area contributed by atoms with Crippen LogP contribution in [-0.2, 0) is 16.1 Å². The molecule has 0 saturated carbocycles. The summed E-state index contributed by atoms with van der Waals surface area (Å²) in [5, 5.41) is 1.69. The highest BCUT2D eigenvalue weighted by Crippen LogP contribution is 2.30. The summed E-state index contributed by atoms with van der Waals surface area (Å²) in [7, 11) is 0. The third-order valence-electron chi connectivity index (χ3n) is 3.00. The maximum Gasteiger partial charge on any atom is 0.337 e. The van der Waals surface area contributed by atoms with E-state index in [1.54, 1.807) is 5.06 Å². The zero-order chi connectivity index (χ0) is 13.3. The van der Waals surface area contributed by atoms with Crippen LogP contribution in [0.2, 0.25) is 0 Å². The Labute approximate surface area is 108 Å². The second-order valence-electron chi connectivity index (χ2n) is 5.57. The van der Waals surface area contributed by atoms with Crippen LogP contribution in [0, 0.1) is 5.41 Å². The topological polar surface area (TPSA) is 29.5 Å². The van der Waals surface area contributed by atoms with Gasteiger partial charge in [-0.15, -0.1) is 0 Å². The smallest absolute Gasteiger partial charge is 0.337 e. The highest BCUT2D eigenvalue weighted by atomic mass is 16.7. The molecule has 1 aromatic rings. The third-order valence-corrected chi connectivity index (χ3v) is 3.00. The number of nitrogens with zero attached hydrogens (tertiary/aromatic N) is 1. The maximum absolute atomic E-state index is 11.9. The molecule has 18 heavy (non-hydrogen) atoms. The third kappa shape index (κ3) is 2.40. The molecule has 0 spiro atoms. The Balaban J connectivity index is 2.17. The first-order valence-electron chi connectivity index (χ1n) is 6.17. The van der Waals surface area contributed by atoms with Crippen molar-refractivity contribution in [3.05, 3.63) is 35.9 Å². The molecule has 2 rings (SSSR count). The number of carbonyl (C=O) groups is 1. The molecule has 1 aromatic carbocycles. The van der Waals surface area contributed by atoms with Crippen LogP contribution < -0.4 is 5.06 Å². The largest absolute Gasteiger partial charge is 0.340 e. The van der Waals surface area contributed by atoms with E-state index < -0.39 is 5.41 Å². The Kier molecular flexibility index (Phi) is 3.16. The fourth-order valence-electron chi connectivity index (χ4n) is 1.85. The molecule has 0 unspecified atom stereocenters. The van der Waals surface area contributed by atoms with E-state index in [1.165, 1.54) is 5.56 Å². The van der Waals surface area contributed by atoms with Gasteiger partial charge in [0.1, 0.15) is 0 Å². The molecule has 0 N–H and O–H groups in total. The highest BCUT2D eigenvalue weighted by Gasteiger charge is 2.29. The standard InChI is InChI=1S/C15H19NO2/c1-5-11-6-7-13-12(10-11)8-9-16(13)18-14(17)15(2,3)4/h5-7,10H,1,8-9H2,2-4H3. The average molecular weight is 245 g/mol. The molecule has 96 valence electrons. The Morgan fingerprint density at radius 3 is 2.78 bits per heavy atom. The van der Waals surface area contributed by atoms with Gasteiger partial charge in [0.25, 0.3) is 0 Å². The van der Waals surface area contributed by atoms with Gasteiger partial charge in [-0.1, -0.05) is 18.7 Å². The first-order chi connectivity index (χ1) is 8.41. The molecule has 0 aliphatic carbocycles. The average Bonchev–Trinajstić information content (AvgIpc) is 2.70. The van der Waals surface area contributed by atoms with Crippen molar-refractivity contribution in [1.29, 1.82) is 0 Å². The summed E-state index contributed by atoms with van der Waals surface area (Å²) in [4.78, 5) is 17.3. The molecular formula is C15H19NO2. The van der Waals surface area contributed by atoms with Gasteiger partial charge in [-0.05, 0) is 50.5 Å². The summed E-state index contributed by atoms with van der Waals surface area (Å²) >= 11 is 0. The molecule has 0 aromatic heterocycles. The first-order valence-corrected chi connectivity index (χ1v) is 6.17. The Bertz CT molecular complexity index is 486. The van der Waals surface area contributed by atoms with Gasteiger partial charge >= 0.3 is 5.97 Å². The molecular weight excluding hydrogens is 226 g/mol. The molecule has 3 nitrogen and oxygen atoms in total. The number of carbonyl (C=O) groups excluding carboxylic acids is 1. The van der Waals surface area contributed by atoms with Crippen molar-refractivity contribution in [2.24, 2.45) is 5.41 Å². The number of hydrogen-bond donors (Lipinski definition) is 0. The SMILES string of the molecule is C=Cc1ccc2c(c1)CCN2OC(=O)C(C)(C)C. The molecule has 0 fully saturated rings. The van der Waals surface area contributed by atoms with Gasteiger partial charge in [-0.25, -0.2) is 9.86 Å². The van der Waals surface area contributed by atoms with E-state index in [1.807, 2.05) is 39.0 Å². The van der Waals surface area contributed by atoms with Crippen LogP contribution in [-0.4, -0.2) is 12.5 Å². The molecule has 1 aliphatic heterocycles. The number of benzene rings is 1. The summed E-state index contributed by atoms with van der Waals surface area (Å²) in [6.07, 6.45) is 2.72. The fourth-order valence-corrected chi connectivity index (χ4v) is 1.85. The van der Waals surface area contributed by atoms with Crippen molar-refractivity contribution in [2.45, 2.75) is 27.2 Å². The molecule has 0 radical (unpaired) electrons. The van der Waals surface area contributed by atoms with Crippen LogP contribution in [0.15, 0.2) is 24.8 Å². The Hall–Kier alpha value is -1.77. The maximum atomic E-state index is 11.9. The van der Waals surface area contributed by atoms with Gasteiger partial charge in [0, 0.05) is 0 Å². The summed E-state index contributed by atoms with van der Waals surface area (Å²) in [5.41, 5.74) is 2.80. The van der Waals surface area contributed by atoms with Gasteiger partial charge in [0.15, 0.2) is 0 Å². The van der Waals surface area contributed by atoms with Gasteiger partial charge in [0.2, 0.25) is 0 Å².